The summed E-state index contributed by atoms with van der Waals surface area (Å²) in [7, 11) is -3.33. The van der Waals surface area contributed by atoms with Crippen molar-refractivity contribution >= 4 is 49.9 Å². The monoisotopic (exact) mass is 692 g/mol. The minimum absolute atomic E-state index is 0.0963. The minimum atomic E-state index is -2.10. The van der Waals surface area contributed by atoms with Gasteiger partial charge < -0.3 is 19.1 Å². The summed E-state index contributed by atoms with van der Waals surface area (Å²) in [5.41, 5.74) is 1.67. The average molecular weight is 693 g/mol. The van der Waals surface area contributed by atoms with E-state index in [1.54, 1.807) is 18.5 Å². The Balaban J connectivity index is 0.997. The highest BCUT2D eigenvalue weighted by Crippen LogP contribution is 2.59. The van der Waals surface area contributed by atoms with Crippen LogP contribution < -0.4 is 15.7 Å². The van der Waals surface area contributed by atoms with Crippen LogP contribution >= 0.6 is 8.53 Å². The van der Waals surface area contributed by atoms with Crippen LogP contribution in [0.15, 0.2) is 104 Å². The number of nitrogens with zero attached hydrogens (tertiary/aromatic N) is 5. The molecule has 1 N–H and O–H groups in total. The van der Waals surface area contributed by atoms with E-state index in [0.717, 1.165) is 31.9 Å². The van der Waals surface area contributed by atoms with Crippen molar-refractivity contribution in [2.75, 3.05) is 11.9 Å². The van der Waals surface area contributed by atoms with Crippen molar-refractivity contribution in [3.63, 3.8) is 0 Å². The molecule has 0 radical (unpaired) electrons. The number of nitrogens with one attached hydrogen (secondary N) is 1. The number of aromatic nitrogens is 4. The number of benzene rings is 3. The molecule has 0 bridgehead atoms. The zero-order valence-corrected chi connectivity index (χ0v) is 29.7. The highest BCUT2D eigenvalue weighted by Gasteiger charge is 2.51. The largest absolute Gasteiger partial charge is 0.352 e. The van der Waals surface area contributed by atoms with Crippen LogP contribution in [0.25, 0.3) is 11.2 Å². The summed E-state index contributed by atoms with van der Waals surface area (Å²) in [6.07, 6.45) is 6.48. The Morgan fingerprint density at radius 2 is 1.65 bits per heavy atom. The van der Waals surface area contributed by atoms with Crippen LogP contribution in [0.5, 0.6) is 0 Å². The van der Waals surface area contributed by atoms with Gasteiger partial charge >= 0.3 is 0 Å². The highest BCUT2D eigenvalue weighted by molar-refractivity contribution is 7.45. The van der Waals surface area contributed by atoms with E-state index >= 15 is 0 Å². The van der Waals surface area contributed by atoms with E-state index in [0.29, 0.717) is 35.0 Å². The SMILES string of the molecule is CC[C@H]1O[C@@H](n2cnc3c(NC(=O)c4ccccc4)ncnc32)CC1O[P@]1O[C@H](C[Si](C)(c2ccccc2)c2ccccc2)[C@@H]2CCCN21. The van der Waals surface area contributed by atoms with Crippen molar-refractivity contribution in [2.45, 2.75) is 75.8 Å². The number of rotatable bonds is 10. The molecular weight excluding hydrogens is 652 g/mol. The van der Waals surface area contributed by atoms with Crippen LogP contribution in [0.2, 0.25) is 12.6 Å². The Morgan fingerprint density at radius 1 is 0.959 bits per heavy atom. The maximum absolute atomic E-state index is 12.9. The normalized spacial score (nSPS) is 25.5. The van der Waals surface area contributed by atoms with E-state index in [-0.39, 0.29) is 30.4 Å². The smallest absolute Gasteiger partial charge is 0.259 e. The Labute approximate surface area is 288 Å². The fourth-order valence-corrected chi connectivity index (χ4v) is 13.6. The van der Waals surface area contributed by atoms with Gasteiger partial charge in [-0.2, -0.15) is 0 Å². The van der Waals surface area contributed by atoms with Crippen LogP contribution in [-0.4, -0.2) is 69.1 Å². The quantitative estimate of drug-likeness (QED) is 0.138. The predicted octanol–water partition coefficient (Wildman–Crippen LogP) is 6.14. The van der Waals surface area contributed by atoms with Crippen molar-refractivity contribution in [3.05, 3.63) is 109 Å². The number of carbonyl (C=O) groups excluding carboxylic acids is 1. The first-order valence-corrected chi connectivity index (χ1v) is 21.1. The van der Waals surface area contributed by atoms with Crippen molar-refractivity contribution in [2.24, 2.45) is 0 Å². The molecule has 3 aliphatic rings. The van der Waals surface area contributed by atoms with Crippen LogP contribution in [0, 0.1) is 0 Å². The van der Waals surface area contributed by atoms with Crippen molar-refractivity contribution in [1.29, 1.82) is 0 Å². The van der Waals surface area contributed by atoms with Crippen molar-refractivity contribution in [3.8, 4) is 0 Å². The third kappa shape index (κ3) is 6.24. The van der Waals surface area contributed by atoms with Crippen molar-refractivity contribution < 1.29 is 18.6 Å². The number of anilines is 1. The predicted molar refractivity (Wildman–Crippen MR) is 194 cm³/mol. The van der Waals surface area contributed by atoms with Gasteiger partial charge in [-0.05, 0) is 37.4 Å². The Morgan fingerprint density at radius 3 is 2.35 bits per heavy atom. The van der Waals surface area contributed by atoms with E-state index in [1.807, 2.05) is 22.8 Å². The lowest BCUT2D eigenvalue weighted by atomic mass is 10.1. The fraction of sp³-hybridized carbons (Fsp3) is 0.351. The molecule has 3 fully saturated rings. The van der Waals surface area contributed by atoms with Gasteiger partial charge in [0.05, 0.1) is 24.6 Å². The van der Waals surface area contributed by atoms with Crippen LogP contribution in [-0.2, 0) is 13.8 Å². The first-order chi connectivity index (χ1) is 24.0. The first kappa shape index (κ1) is 32.4. The molecule has 2 aromatic heterocycles. The molecule has 12 heteroatoms. The number of carbonyl (C=O) groups is 1. The molecule has 3 aromatic carbocycles. The molecule has 3 aliphatic heterocycles. The van der Waals surface area contributed by atoms with E-state index in [1.165, 1.54) is 16.7 Å². The van der Waals surface area contributed by atoms with Crippen LogP contribution in [0.1, 0.15) is 49.2 Å². The summed E-state index contributed by atoms with van der Waals surface area (Å²) in [4.78, 5) is 26.3. The Hall–Kier alpha value is -3.83. The number of hydrogen-bond donors (Lipinski definition) is 1. The molecule has 5 heterocycles. The first-order valence-electron chi connectivity index (χ1n) is 17.2. The van der Waals surface area contributed by atoms with E-state index < -0.39 is 16.6 Å². The van der Waals surface area contributed by atoms with Gasteiger partial charge in [-0.25, -0.2) is 19.6 Å². The highest BCUT2D eigenvalue weighted by atomic mass is 31.2. The van der Waals surface area contributed by atoms with Gasteiger partial charge in [0.2, 0.25) is 0 Å². The van der Waals surface area contributed by atoms with Gasteiger partial charge in [-0.1, -0.05) is 103 Å². The molecule has 10 nitrogen and oxygen atoms in total. The molecule has 6 atom stereocenters. The molecule has 3 saturated heterocycles. The topological polar surface area (TPSA) is 104 Å². The maximum Gasteiger partial charge on any atom is 0.259 e. The molecule has 8 rings (SSSR count). The zero-order valence-electron chi connectivity index (χ0n) is 27.8. The standard InChI is InChI=1S/C37H41N6O4PSi/c1-3-30-31(22-33(45-30)42-25-40-34-35(38-24-39-36(34)42)41-37(44)26-14-7-4-8-15-26)46-48-43-21-13-20-29(43)32(47-48)23-49(2,27-16-9-5-10-17-27)28-18-11-6-12-19-28/h4-12,14-19,24-25,29-33H,3,13,20-23H2,1-2H3,(H,38,39,41,44)/t29-,30+,31?,32+,33+,48+/m0/s1. The molecule has 5 aromatic rings. The summed E-state index contributed by atoms with van der Waals surface area (Å²) in [6.45, 7) is 5.62. The molecule has 1 unspecified atom stereocenters. The lowest BCUT2D eigenvalue weighted by Crippen LogP contribution is -2.58. The van der Waals surface area contributed by atoms with Gasteiger partial charge in [0.15, 0.2) is 17.0 Å². The number of hydrogen-bond acceptors (Lipinski definition) is 8. The third-order valence-corrected chi connectivity index (χ3v) is 16.6. The zero-order chi connectivity index (χ0) is 33.4. The lowest BCUT2D eigenvalue weighted by molar-refractivity contribution is -0.0152. The van der Waals surface area contributed by atoms with Crippen molar-refractivity contribution in [1.82, 2.24) is 24.2 Å². The molecule has 1 amide bonds. The maximum atomic E-state index is 12.9. The van der Waals surface area contributed by atoms with E-state index in [4.69, 9.17) is 13.8 Å². The average Bonchev–Trinajstić information content (AvgIpc) is 3.95. The van der Waals surface area contributed by atoms with Gasteiger partial charge in [-0.15, -0.1) is 0 Å². The summed E-state index contributed by atoms with van der Waals surface area (Å²) < 4.78 is 25.0. The van der Waals surface area contributed by atoms with Gasteiger partial charge in [0.25, 0.3) is 14.4 Å². The Bertz CT molecular complexity index is 1860. The summed E-state index contributed by atoms with van der Waals surface area (Å²) in [5, 5.41) is 5.76. The van der Waals surface area contributed by atoms with Gasteiger partial charge in [0, 0.05) is 24.6 Å². The second kappa shape index (κ2) is 13.8. The minimum Gasteiger partial charge on any atom is -0.352 e. The lowest BCUT2D eigenvalue weighted by Gasteiger charge is -2.32. The van der Waals surface area contributed by atoms with Crippen LogP contribution in [0.4, 0.5) is 5.82 Å². The molecule has 252 valence electrons. The second-order valence-corrected chi connectivity index (χ2v) is 18.9. The number of amides is 1. The van der Waals surface area contributed by atoms with Crippen LogP contribution in [0.3, 0.4) is 0 Å². The molecule has 0 aliphatic carbocycles. The number of imidazole rings is 1. The molecule has 0 spiro atoms. The number of fused-ring (bicyclic) bond motifs is 2. The summed E-state index contributed by atoms with van der Waals surface area (Å²) >= 11 is 0. The van der Waals surface area contributed by atoms with Gasteiger partial charge in [-0.3, -0.25) is 9.36 Å². The fourth-order valence-electron chi connectivity index (χ4n) is 7.66. The third-order valence-electron chi connectivity index (χ3n) is 10.3. The van der Waals surface area contributed by atoms with E-state index in [9.17, 15) is 4.79 Å². The van der Waals surface area contributed by atoms with Gasteiger partial charge in [0.1, 0.15) is 20.6 Å². The number of ether oxygens (including phenoxy) is 1. The summed E-state index contributed by atoms with van der Waals surface area (Å²) in [6, 6.07) is 32.5. The molecular formula is C37H41N6O4PSi. The molecule has 49 heavy (non-hydrogen) atoms. The van der Waals surface area contributed by atoms with E-state index in [2.05, 4.69) is 99.1 Å². The summed E-state index contributed by atoms with van der Waals surface area (Å²) in [5.74, 6) is 0.116. The Kier molecular flexibility index (Phi) is 9.13. The second-order valence-electron chi connectivity index (χ2n) is 13.3. The molecule has 0 saturated carbocycles.